The number of rotatable bonds is 21. The molecular weight excluding hydrogens is 1220 g/mol. The number of nitrogens with two attached hydrogens (primary N) is 1. The fraction of sp³-hybridized carbons (Fsp3) is 0.500. The molecule has 478 valence electrons. The summed E-state index contributed by atoms with van der Waals surface area (Å²) in [5.41, 5.74) is 6.85. The molecule has 3 fully saturated rings. The van der Waals surface area contributed by atoms with Crippen molar-refractivity contribution in [2.24, 2.45) is 11.7 Å². The Hall–Kier alpha value is -6.63. The number of unbranched alkanes of at least 4 members (excludes halogenated alkanes) is 3. The number of carbonyl (C=O) groups excluding carboxylic acids is 8. The second-order valence-electron chi connectivity index (χ2n) is 21.7. The van der Waals surface area contributed by atoms with Crippen LogP contribution in [0.25, 0.3) is 21.1 Å². The molecule has 13 atom stereocenters. The number of aromatic nitrogens is 2. The van der Waals surface area contributed by atoms with Crippen LogP contribution in [-0.2, 0) is 49.4 Å². The van der Waals surface area contributed by atoms with E-state index in [0.717, 1.165) is 65.9 Å². The molecule has 7 rings (SSSR count). The second-order valence-corrected chi connectivity index (χ2v) is 23.1. The van der Waals surface area contributed by atoms with Crippen LogP contribution >= 0.6 is 23.7 Å². The van der Waals surface area contributed by atoms with Crippen LogP contribution in [0.1, 0.15) is 81.6 Å². The number of hydrogen-bond acceptors (Lipinski definition) is 24. The number of β-amino-alcohol motifs (C(OH)–C–C–N with tert-alkyl or cyclic N) is 1. The molecule has 89 heavy (non-hydrogen) atoms. The molecule has 30 nitrogen and oxygen atoms in total. The normalized spacial score (nSPS) is 24.9. The maximum Gasteiger partial charge on any atom is 1.00 e. The Morgan fingerprint density at radius 1 is 0.798 bits per heavy atom. The van der Waals surface area contributed by atoms with E-state index < -0.39 is 177 Å². The minimum atomic E-state index is -2.22. The van der Waals surface area contributed by atoms with Crippen LogP contribution in [0.4, 0.5) is 0 Å². The molecule has 4 aromatic rings. The summed E-state index contributed by atoms with van der Waals surface area (Å²) in [6.07, 6.45) is -9.36. The van der Waals surface area contributed by atoms with Gasteiger partial charge in [0, 0.05) is 61.5 Å². The summed E-state index contributed by atoms with van der Waals surface area (Å²) in [6.45, 7) is 3.59. The van der Waals surface area contributed by atoms with Gasteiger partial charge in [-0.3, -0.25) is 43.4 Å². The average Bonchev–Trinajstić information content (AvgIpc) is 3.18. The van der Waals surface area contributed by atoms with Gasteiger partial charge in [0.1, 0.15) is 52.0 Å². The third-order valence-electron chi connectivity index (χ3n) is 15.0. The van der Waals surface area contributed by atoms with Gasteiger partial charge in [-0.2, -0.15) is 0 Å². The van der Waals surface area contributed by atoms with Crippen LogP contribution < -0.4 is 76.1 Å². The molecule has 33 heteroatoms. The van der Waals surface area contributed by atoms with E-state index in [0.29, 0.717) is 22.2 Å². The Balaban J connectivity index is 0.0000126. The van der Waals surface area contributed by atoms with E-state index >= 15 is 0 Å². The van der Waals surface area contributed by atoms with Gasteiger partial charge in [0.15, 0.2) is 11.5 Å². The smallest absolute Gasteiger partial charge is 0.691 e. The largest absolute Gasteiger partial charge is 1.00 e. The number of fused-ring (bicyclic) bond motifs is 2. The molecule has 3 saturated heterocycles. The Bertz CT molecular complexity index is 3100. The molecule has 0 bridgehead atoms. The van der Waals surface area contributed by atoms with Crippen molar-refractivity contribution in [3.8, 4) is 38.4 Å². The molecule has 0 saturated carbocycles. The molecule has 13 unspecified atom stereocenters. The van der Waals surface area contributed by atoms with Gasteiger partial charge in [-0.05, 0) is 67.4 Å². The van der Waals surface area contributed by atoms with E-state index in [1.807, 2.05) is 24.3 Å². The minimum Gasteiger partial charge on any atom is -0.691 e. The molecule has 3 aromatic carbocycles. The first-order valence-electron chi connectivity index (χ1n) is 28.2. The number of ether oxygens (including phenoxy) is 1. The fourth-order valence-corrected chi connectivity index (χ4v) is 11.4. The number of nitrogens with one attached hydrogen (secondary N) is 5. The molecule has 3 aliphatic heterocycles. The number of primary amides is 1. The standard InChI is InChI=1S/C56H72N10O20S2.Na/c1-4-5-6-7-18-83-35-15-13-32(14-16-35)54-64-63-53(87-54)31-11-9-30(10-12-31)48(75)59-36-21-33(68)24-58-52(79)46-47(74)27(2)25-66(46)56(81)45(40(72)23-42(57)73)62-51(78)44(39(71)19-29-8-17-38(70)41(20-29)84-88-86-85-82)61-50(77)37-22-34(69)26-65(37)55(80)43(28(3)67)60-49(36)76;/h8-17,20,27-28,33-34,36-37,39-40,43-47,67-72,74,82H,4-7,18-19,21-26H2,1-3H3,(H2,57,73)(H,58,79)(H,59,75)(H,60,76)(H,61,77)(H,62,78);/q;+1/p-1. The minimum absolute atomic E-state index is 0. The molecular formula is C56H71N10NaO20S2. The SMILES string of the molecule is CCCCCCOc1ccc(-c2nnc(-c3ccc(C(=O)NC4CC(O)CNC(=O)C5C(O)C(C)CN5C(=O)C(C(O)CC(N)=O)NC(=O)C(C(O)Cc5ccc(O)c(OSOO[O-])c5)NC(=O)C5CC(O)CN5C(=O)C(C(C)O)NC4=O)cc3)s2)cc1.[Na+]. The molecule has 14 N–H and O–H groups in total. The van der Waals surface area contributed by atoms with Crippen molar-refractivity contribution in [3.05, 3.63) is 77.9 Å². The fourth-order valence-electron chi connectivity index (χ4n) is 10.3. The first kappa shape index (κ1) is 71.4. The van der Waals surface area contributed by atoms with Gasteiger partial charge >= 0.3 is 29.6 Å². The van der Waals surface area contributed by atoms with E-state index in [9.17, 15) is 79.4 Å². The zero-order valence-corrected chi connectivity index (χ0v) is 52.6. The Morgan fingerprint density at radius 2 is 1.44 bits per heavy atom. The summed E-state index contributed by atoms with van der Waals surface area (Å²) in [5.74, 6) is -10.4. The van der Waals surface area contributed by atoms with Gasteiger partial charge in [0.05, 0.1) is 49.7 Å². The van der Waals surface area contributed by atoms with Gasteiger partial charge in [-0.1, -0.05) is 62.6 Å². The van der Waals surface area contributed by atoms with Gasteiger partial charge in [-0.25, -0.2) is 0 Å². The Morgan fingerprint density at radius 3 is 2.08 bits per heavy atom. The monoisotopic (exact) mass is 1290 g/mol. The Labute approximate surface area is 540 Å². The van der Waals surface area contributed by atoms with Gasteiger partial charge in [-0.15, -0.1) is 14.5 Å². The molecule has 0 aliphatic carbocycles. The van der Waals surface area contributed by atoms with Crippen LogP contribution in [0, 0.1) is 5.92 Å². The van der Waals surface area contributed by atoms with E-state index in [4.69, 9.17) is 14.7 Å². The van der Waals surface area contributed by atoms with Gasteiger partial charge in [0.25, 0.3) is 18.2 Å². The van der Waals surface area contributed by atoms with Gasteiger partial charge in [0.2, 0.25) is 41.4 Å². The molecule has 3 aliphatic rings. The van der Waals surface area contributed by atoms with Crippen molar-refractivity contribution in [1.82, 2.24) is 46.6 Å². The third kappa shape index (κ3) is 19.0. The zero-order chi connectivity index (χ0) is 63.9. The van der Waals surface area contributed by atoms with Crippen molar-refractivity contribution in [3.63, 3.8) is 0 Å². The predicted octanol–water partition coefficient (Wildman–Crippen LogP) is -5.47. The van der Waals surface area contributed by atoms with Crippen molar-refractivity contribution in [2.75, 3.05) is 26.2 Å². The van der Waals surface area contributed by atoms with Crippen molar-refractivity contribution >= 4 is 70.9 Å². The number of carbonyl (C=O) groups is 8. The summed E-state index contributed by atoms with van der Waals surface area (Å²) in [7, 11) is 0. The summed E-state index contributed by atoms with van der Waals surface area (Å²) in [4.78, 5) is 115. The van der Waals surface area contributed by atoms with Crippen LogP contribution in [0.2, 0.25) is 0 Å². The number of phenolic OH excluding ortho intramolecular Hbond substituents is 1. The van der Waals surface area contributed by atoms with Crippen LogP contribution in [-0.4, -0.2) is 202 Å². The number of aliphatic hydroxyl groups excluding tert-OH is 6. The predicted molar refractivity (Wildman–Crippen MR) is 308 cm³/mol. The van der Waals surface area contributed by atoms with Crippen LogP contribution in [0.5, 0.6) is 17.2 Å². The van der Waals surface area contributed by atoms with Crippen LogP contribution in [0.15, 0.2) is 66.7 Å². The maximum atomic E-state index is 14.7. The summed E-state index contributed by atoms with van der Waals surface area (Å²) >= 11 is 1.28. The molecule has 0 radical (unpaired) electrons. The Kier molecular flexibility index (Phi) is 26.8. The second kappa shape index (κ2) is 33.4. The molecule has 0 spiro atoms. The van der Waals surface area contributed by atoms with E-state index in [1.54, 1.807) is 12.1 Å². The topological polar surface area (TPSA) is 457 Å². The quantitative estimate of drug-likeness (QED) is 0.0122. The number of amides is 8. The molecule has 4 heterocycles. The summed E-state index contributed by atoms with van der Waals surface area (Å²) in [5, 5.41) is 114. The molecule has 8 amide bonds. The third-order valence-corrected chi connectivity index (χ3v) is 16.4. The number of benzene rings is 3. The number of aliphatic hydroxyl groups is 6. The van der Waals surface area contributed by atoms with Crippen molar-refractivity contribution in [2.45, 2.75) is 145 Å². The first-order chi connectivity index (χ1) is 42.0. The van der Waals surface area contributed by atoms with E-state index in [2.05, 4.69) is 53.1 Å². The molecule has 1 aromatic heterocycles. The summed E-state index contributed by atoms with van der Waals surface area (Å²) in [6, 6.07) is 5.24. The number of aromatic hydroxyl groups is 1. The van der Waals surface area contributed by atoms with Gasteiger partial charge < -0.3 is 92.0 Å². The number of nitrogens with zero attached hydrogens (tertiary/aromatic N) is 4. The number of hydrogen-bond donors (Lipinski definition) is 13. The zero-order valence-electron chi connectivity index (χ0n) is 49.0. The summed E-state index contributed by atoms with van der Waals surface area (Å²) < 4.78 is 15.0. The average molecular weight is 1290 g/mol. The van der Waals surface area contributed by atoms with Crippen molar-refractivity contribution in [1.29, 1.82) is 0 Å². The maximum absolute atomic E-state index is 14.7. The van der Waals surface area contributed by atoms with Crippen LogP contribution in [0.3, 0.4) is 0 Å². The van der Waals surface area contributed by atoms with Crippen molar-refractivity contribution < 1.29 is 127 Å². The van der Waals surface area contributed by atoms with E-state index in [1.165, 1.54) is 36.5 Å². The first-order valence-corrected chi connectivity index (χ1v) is 29.7. The number of phenols is 1. The van der Waals surface area contributed by atoms with E-state index in [-0.39, 0.29) is 58.8 Å².